The van der Waals surface area contributed by atoms with Crippen molar-refractivity contribution in [3.05, 3.63) is 12.2 Å². The number of rotatable bonds is 0. The van der Waals surface area contributed by atoms with E-state index < -0.39 is 0 Å². The fraction of sp³-hybridized carbons (Fsp3) is 0.750. The van der Waals surface area contributed by atoms with Crippen LogP contribution in [0.4, 0.5) is 0 Å². The third-order valence-electron chi connectivity index (χ3n) is 2.41. The number of nitrogens with zero attached hydrogens (tertiary/aromatic N) is 1. The van der Waals surface area contributed by atoms with Crippen molar-refractivity contribution in [2.45, 2.75) is 6.42 Å². The molecule has 1 saturated heterocycles. The van der Waals surface area contributed by atoms with Crippen molar-refractivity contribution in [2.24, 2.45) is 5.41 Å². The summed E-state index contributed by atoms with van der Waals surface area (Å²) in [6.45, 7) is 4.28. The second-order valence-electron chi connectivity index (χ2n) is 3.25. The Hall–Kier alpha value is -0.340. The van der Waals surface area contributed by atoms with Gasteiger partial charge in [0, 0.05) is 31.6 Å². The molecule has 0 aromatic heterocycles. The van der Waals surface area contributed by atoms with Gasteiger partial charge in [-0.1, -0.05) is 12.2 Å². The highest BCUT2D eigenvalue weighted by Gasteiger charge is 2.32. The second kappa shape index (κ2) is 2.36. The predicted molar refractivity (Wildman–Crippen MR) is 40.9 cm³/mol. The van der Waals surface area contributed by atoms with Crippen LogP contribution in [0.2, 0.25) is 0 Å². The summed E-state index contributed by atoms with van der Waals surface area (Å²) in [6, 6.07) is 0. The van der Waals surface area contributed by atoms with E-state index in [9.17, 15) is 0 Å². The van der Waals surface area contributed by atoms with Gasteiger partial charge in [-0.3, -0.25) is 0 Å². The summed E-state index contributed by atoms with van der Waals surface area (Å²) in [5.41, 5.74) is 0.415. The lowest BCUT2D eigenvalue weighted by Crippen LogP contribution is -2.37. The molecule has 1 N–H and O–H groups in total. The molecule has 1 radical (unpaired) electrons. The van der Waals surface area contributed by atoms with Crippen LogP contribution >= 0.6 is 0 Å². The van der Waals surface area contributed by atoms with Crippen LogP contribution in [0.3, 0.4) is 0 Å². The van der Waals surface area contributed by atoms with Gasteiger partial charge in [0.2, 0.25) is 0 Å². The smallest absolute Gasteiger partial charge is 0.0237 e. The molecule has 10 heavy (non-hydrogen) atoms. The van der Waals surface area contributed by atoms with Gasteiger partial charge >= 0.3 is 0 Å². The average Bonchev–Trinajstić information content (AvgIpc) is 2.39. The Kier molecular flexibility index (Phi) is 1.51. The van der Waals surface area contributed by atoms with E-state index in [0.717, 1.165) is 26.2 Å². The standard InChI is InChI=1S/C8H13N2/c1-2-8(6-9-4-1)3-5-10-7-8/h1-2,9H,3-7H2. The van der Waals surface area contributed by atoms with Crippen molar-refractivity contribution in [1.82, 2.24) is 10.6 Å². The summed E-state index contributed by atoms with van der Waals surface area (Å²) in [6.07, 6.45) is 5.82. The minimum Gasteiger partial charge on any atom is -0.312 e. The molecule has 0 amide bonds. The molecule has 2 rings (SSSR count). The zero-order valence-electron chi connectivity index (χ0n) is 6.14. The van der Waals surface area contributed by atoms with E-state index in [1.54, 1.807) is 0 Å². The summed E-state index contributed by atoms with van der Waals surface area (Å²) in [7, 11) is 0. The SMILES string of the molecule is C1=CC2(CC[N]C2)CNC1. The molecule has 2 aliphatic heterocycles. The zero-order chi connectivity index (χ0) is 6.86. The molecule has 2 nitrogen and oxygen atoms in total. The highest BCUT2D eigenvalue weighted by Crippen LogP contribution is 2.28. The van der Waals surface area contributed by atoms with Gasteiger partial charge in [-0.25, -0.2) is 5.32 Å². The quantitative estimate of drug-likeness (QED) is 0.472. The predicted octanol–water partition coefficient (Wildman–Crippen LogP) is 0.140. The number of hydrogen-bond donors (Lipinski definition) is 1. The largest absolute Gasteiger partial charge is 0.312 e. The lowest BCUT2D eigenvalue weighted by molar-refractivity contribution is 0.384. The van der Waals surface area contributed by atoms with Crippen molar-refractivity contribution < 1.29 is 0 Å². The fourth-order valence-electron chi connectivity index (χ4n) is 1.74. The van der Waals surface area contributed by atoms with Crippen molar-refractivity contribution in [3.63, 3.8) is 0 Å². The topological polar surface area (TPSA) is 26.1 Å². The lowest BCUT2D eigenvalue weighted by atomic mass is 9.85. The summed E-state index contributed by atoms with van der Waals surface area (Å²) >= 11 is 0. The lowest BCUT2D eigenvalue weighted by Gasteiger charge is -2.27. The fourth-order valence-corrected chi connectivity index (χ4v) is 1.74. The number of hydrogen-bond acceptors (Lipinski definition) is 1. The highest BCUT2D eigenvalue weighted by atomic mass is 15.0. The van der Waals surface area contributed by atoms with E-state index >= 15 is 0 Å². The molecular weight excluding hydrogens is 124 g/mol. The number of nitrogens with one attached hydrogen (secondary N) is 1. The van der Waals surface area contributed by atoms with Crippen LogP contribution < -0.4 is 10.6 Å². The molecule has 0 aliphatic carbocycles. The van der Waals surface area contributed by atoms with E-state index in [4.69, 9.17) is 0 Å². The minimum absolute atomic E-state index is 0.415. The molecular formula is C8H13N2. The highest BCUT2D eigenvalue weighted by molar-refractivity contribution is 5.09. The van der Waals surface area contributed by atoms with Crippen molar-refractivity contribution in [1.29, 1.82) is 0 Å². The second-order valence-corrected chi connectivity index (χ2v) is 3.25. The van der Waals surface area contributed by atoms with E-state index in [1.807, 2.05) is 0 Å². The van der Waals surface area contributed by atoms with Crippen LogP contribution in [-0.2, 0) is 0 Å². The van der Waals surface area contributed by atoms with E-state index in [0.29, 0.717) is 5.41 Å². The molecule has 1 fully saturated rings. The molecule has 1 spiro atoms. The Labute approximate surface area is 61.7 Å². The first-order chi connectivity index (χ1) is 4.91. The van der Waals surface area contributed by atoms with E-state index in [2.05, 4.69) is 22.8 Å². The molecule has 2 aliphatic rings. The van der Waals surface area contributed by atoms with Gasteiger partial charge in [0.25, 0.3) is 0 Å². The van der Waals surface area contributed by atoms with Crippen LogP contribution in [0.25, 0.3) is 0 Å². The molecule has 55 valence electrons. The summed E-state index contributed by atoms with van der Waals surface area (Å²) in [5, 5.41) is 7.74. The summed E-state index contributed by atoms with van der Waals surface area (Å²) in [4.78, 5) is 0. The molecule has 0 aromatic carbocycles. The van der Waals surface area contributed by atoms with Gasteiger partial charge in [0.1, 0.15) is 0 Å². The molecule has 0 aromatic rings. The average molecular weight is 137 g/mol. The molecule has 0 saturated carbocycles. The molecule has 1 atom stereocenters. The molecule has 2 heteroatoms. The van der Waals surface area contributed by atoms with Gasteiger partial charge in [0.05, 0.1) is 0 Å². The van der Waals surface area contributed by atoms with Crippen LogP contribution in [0.1, 0.15) is 6.42 Å². The van der Waals surface area contributed by atoms with Crippen LogP contribution in [-0.4, -0.2) is 26.2 Å². The normalized spacial score (nSPS) is 39.2. The third-order valence-corrected chi connectivity index (χ3v) is 2.41. The molecule has 0 bridgehead atoms. The first-order valence-electron chi connectivity index (χ1n) is 3.93. The van der Waals surface area contributed by atoms with Gasteiger partial charge in [-0.15, -0.1) is 0 Å². The third kappa shape index (κ3) is 0.976. The van der Waals surface area contributed by atoms with Crippen molar-refractivity contribution in [2.75, 3.05) is 26.2 Å². The van der Waals surface area contributed by atoms with Gasteiger partial charge < -0.3 is 5.32 Å². The zero-order valence-corrected chi connectivity index (χ0v) is 6.14. The van der Waals surface area contributed by atoms with Crippen molar-refractivity contribution in [3.8, 4) is 0 Å². The monoisotopic (exact) mass is 137 g/mol. The maximum absolute atomic E-state index is 4.37. The Bertz CT molecular complexity index is 145. The maximum atomic E-state index is 4.37. The molecule has 2 heterocycles. The maximum Gasteiger partial charge on any atom is 0.0237 e. The van der Waals surface area contributed by atoms with E-state index in [-0.39, 0.29) is 0 Å². The Balaban J connectivity index is 2.11. The Morgan fingerprint density at radius 1 is 1.50 bits per heavy atom. The Morgan fingerprint density at radius 3 is 3.10 bits per heavy atom. The minimum atomic E-state index is 0.415. The summed E-state index contributed by atoms with van der Waals surface area (Å²) in [5.74, 6) is 0. The van der Waals surface area contributed by atoms with Crippen molar-refractivity contribution >= 4 is 0 Å². The van der Waals surface area contributed by atoms with Crippen LogP contribution in [0.5, 0.6) is 0 Å². The first kappa shape index (κ1) is 6.38. The van der Waals surface area contributed by atoms with Crippen LogP contribution in [0, 0.1) is 5.41 Å². The summed E-state index contributed by atoms with van der Waals surface area (Å²) < 4.78 is 0. The van der Waals surface area contributed by atoms with Gasteiger partial charge in [-0.05, 0) is 6.42 Å². The van der Waals surface area contributed by atoms with E-state index in [1.165, 1.54) is 6.42 Å². The van der Waals surface area contributed by atoms with Gasteiger partial charge in [-0.2, -0.15) is 0 Å². The first-order valence-corrected chi connectivity index (χ1v) is 3.93. The Morgan fingerprint density at radius 2 is 2.50 bits per heavy atom. The van der Waals surface area contributed by atoms with Crippen LogP contribution in [0.15, 0.2) is 12.2 Å². The molecule has 1 unspecified atom stereocenters. The van der Waals surface area contributed by atoms with Gasteiger partial charge in [0.15, 0.2) is 0 Å².